The smallest absolute Gasteiger partial charge is 0.307 e. The zero-order valence-electron chi connectivity index (χ0n) is 11.8. The van der Waals surface area contributed by atoms with Gasteiger partial charge in [-0.3, -0.25) is 4.79 Å². The minimum absolute atomic E-state index is 0.207. The molecular formula is C12H22N4O2. The van der Waals surface area contributed by atoms with Crippen molar-refractivity contribution >= 4 is 5.97 Å². The molecule has 1 aromatic heterocycles. The standard InChI is InChI=1S/C12H22N4O2/c1-6-12(3,7-11(17)18-5)13-8-10-15-14-9(2)16(10)4/h13H,6-8H2,1-5H3/t12-/m1/s1. The maximum atomic E-state index is 11.4. The summed E-state index contributed by atoms with van der Waals surface area (Å²) in [4.78, 5) is 11.4. The van der Waals surface area contributed by atoms with Crippen molar-refractivity contribution in [1.29, 1.82) is 0 Å². The molecule has 0 aromatic carbocycles. The fraction of sp³-hybridized carbons (Fsp3) is 0.750. The Morgan fingerprint density at radius 3 is 2.61 bits per heavy atom. The zero-order valence-corrected chi connectivity index (χ0v) is 11.8. The van der Waals surface area contributed by atoms with E-state index in [0.29, 0.717) is 13.0 Å². The molecule has 102 valence electrons. The number of carbonyl (C=O) groups is 1. The van der Waals surface area contributed by atoms with E-state index < -0.39 is 0 Å². The Morgan fingerprint density at radius 2 is 2.17 bits per heavy atom. The maximum Gasteiger partial charge on any atom is 0.307 e. The van der Waals surface area contributed by atoms with E-state index in [4.69, 9.17) is 4.74 Å². The van der Waals surface area contributed by atoms with E-state index in [0.717, 1.165) is 18.1 Å². The number of rotatable bonds is 6. The van der Waals surface area contributed by atoms with Gasteiger partial charge >= 0.3 is 5.97 Å². The predicted octanol–water partition coefficient (Wildman–Crippen LogP) is 0.945. The van der Waals surface area contributed by atoms with Crippen molar-refractivity contribution in [3.05, 3.63) is 11.6 Å². The normalized spacial score (nSPS) is 14.3. The third-order valence-electron chi connectivity index (χ3n) is 3.40. The molecule has 0 bridgehead atoms. The number of aromatic nitrogens is 3. The van der Waals surface area contributed by atoms with Crippen molar-refractivity contribution in [1.82, 2.24) is 20.1 Å². The summed E-state index contributed by atoms with van der Waals surface area (Å²) in [6.45, 7) is 6.54. The fourth-order valence-electron chi connectivity index (χ4n) is 1.60. The van der Waals surface area contributed by atoms with Crippen LogP contribution in [0.4, 0.5) is 0 Å². The Morgan fingerprint density at radius 1 is 1.50 bits per heavy atom. The van der Waals surface area contributed by atoms with Crippen LogP contribution >= 0.6 is 0 Å². The van der Waals surface area contributed by atoms with Gasteiger partial charge in [0.1, 0.15) is 11.6 Å². The molecule has 0 saturated carbocycles. The molecule has 1 N–H and O–H groups in total. The van der Waals surface area contributed by atoms with Gasteiger partial charge in [0.25, 0.3) is 0 Å². The monoisotopic (exact) mass is 254 g/mol. The molecule has 0 aliphatic heterocycles. The Kier molecular flexibility index (Phi) is 4.84. The molecule has 1 atom stereocenters. The highest BCUT2D eigenvalue weighted by Gasteiger charge is 2.26. The van der Waals surface area contributed by atoms with Crippen molar-refractivity contribution in [3.63, 3.8) is 0 Å². The highest BCUT2D eigenvalue weighted by molar-refractivity contribution is 5.70. The molecule has 18 heavy (non-hydrogen) atoms. The highest BCUT2D eigenvalue weighted by Crippen LogP contribution is 2.16. The van der Waals surface area contributed by atoms with E-state index in [1.165, 1.54) is 7.11 Å². The number of hydrogen-bond donors (Lipinski definition) is 1. The predicted molar refractivity (Wildman–Crippen MR) is 67.9 cm³/mol. The third kappa shape index (κ3) is 3.53. The molecule has 0 saturated heterocycles. The second-order valence-electron chi connectivity index (χ2n) is 4.74. The molecule has 1 rings (SSSR count). The minimum atomic E-state index is -0.285. The average Bonchev–Trinajstić information content (AvgIpc) is 2.67. The summed E-state index contributed by atoms with van der Waals surface area (Å²) in [7, 11) is 3.33. The van der Waals surface area contributed by atoms with Crippen LogP contribution < -0.4 is 5.32 Å². The number of esters is 1. The molecule has 6 heteroatoms. The van der Waals surface area contributed by atoms with Crippen molar-refractivity contribution in [2.75, 3.05) is 7.11 Å². The summed E-state index contributed by atoms with van der Waals surface area (Å²) < 4.78 is 6.65. The molecule has 0 aliphatic rings. The van der Waals surface area contributed by atoms with E-state index in [-0.39, 0.29) is 11.5 Å². The van der Waals surface area contributed by atoms with Gasteiger partial charge in [-0.1, -0.05) is 6.92 Å². The van der Waals surface area contributed by atoms with Gasteiger partial charge in [-0.2, -0.15) is 0 Å². The van der Waals surface area contributed by atoms with Crippen LogP contribution in [0.15, 0.2) is 0 Å². The van der Waals surface area contributed by atoms with Crippen molar-refractivity contribution < 1.29 is 9.53 Å². The van der Waals surface area contributed by atoms with Gasteiger partial charge in [0.15, 0.2) is 0 Å². The minimum Gasteiger partial charge on any atom is -0.469 e. The summed E-state index contributed by atoms with van der Waals surface area (Å²) in [6, 6.07) is 0. The largest absolute Gasteiger partial charge is 0.469 e. The number of carbonyl (C=O) groups excluding carboxylic acids is 1. The number of nitrogens with one attached hydrogen (secondary N) is 1. The van der Waals surface area contributed by atoms with E-state index in [1.807, 2.05) is 32.4 Å². The van der Waals surface area contributed by atoms with Crippen LogP contribution in [0.1, 0.15) is 38.3 Å². The van der Waals surface area contributed by atoms with Crippen LogP contribution in [0.25, 0.3) is 0 Å². The average molecular weight is 254 g/mol. The van der Waals surface area contributed by atoms with Crippen LogP contribution in [0.3, 0.4) is 0 Å². The second-order valence-corrected chi connectivity index (χ2v) is 4.74. The van der Waals surface area contributed by atoms with E-state index >= 15 is 0 Å². The molecule has 0 spiro atoms. The molecule has 1 heterocycles. The van der Waals surface area contributed by atoms with Crippen molar-refractivity contribution in [2.45, 2.75) is 45.7 Å². The van der Waals surface area contributed by atoms with Crippen molar-refractivity contribution in [3.8, 4) is 0 Å². The summed E-state index contributed by atoms with van der Waals surface area (Å²) in [6.07, 6.45) is 1.18. The first kappa shape index (κ1) is 14.6. The maximum absolute atomic E-state index is 11.4. The van der Waals surface area contributed by atoms with Crippen LogP contribution in [0.5, 0.6) is 0 Å². The zero-order chi connectivity index (χ0) is 13.8. The molecule has 1 aromatic rings. The Balaban J connectivity index is 2.63. The molecule has 6 nitrogen and oxygen atoms in total. The Labute approximate surface area is 108 Å². The molecule has 0 unspecified atom stereocenters. The number of nitrogens with zero attached hydrogens (tertiary/aromatic N) is 3. The summed E-state index contributed by atoms with van der Waals surface area (Å²) >= 11 is 0. The molecular weight excluding hydrogens is 232 g/mol. The van der Waals surface area contributed by atoms with Gasteiger partial charge < -0.3 is 14.6 Å². The molecule has 0 fully saturated rings. The van der Waals surface area contributed by atoms with E-state index in [1.54, 1.807) is 0 Å². The summed E-state index contributed by atoms with van der Waals surface area (Å²) in [5.41, 5.74) is -0.285. The van der Waals surface area contributed by atoms with Crippen LogP contribution in [-0.2, 0) is 23.1 Å². The quantitative estimate of drug-likeness (QED) is 0.765. The highest BCUT2D eigenvalue weighted by atomic mass is 16.5. The van der Waals surface area contributed by atoms with Crippen LogP contribution in [0.2, 0.25) is 0 Å². The first-order valence-corrected chi connectivity index (χ1v) is 6.08. The van der Waals surface area contributed by atoms with Gasteiger partial charge in [0.05, 0.1) is 20.1 Å². The first-order chi connectivity index (χ1) is 8.41. The van der Waals surface area contributed by atoms with E-state index in [9.17, 15) is 4.79 Å². The number of hydrogen-bond acceptors (Lipinski definition) is 5. The number of ether oxygens (including phenoxy) is 1. The lowest BCUT2D eigenvalue weighted by molar-refractivity contribution is -0.142. The number of methoxy groups -OCH3 is 1. The summed E-state index contributed by atoms with van der Waals surface area (Å²) in [5.74, 6) is 1.52. The van der Waals surface area contributed by atoms with Gasteiger partial charge in [-0.15, -0.1) is 10.2 Å². The molecule has 0 radical (unpaired) electrons. The van der Waals surface area contributed by atoms with Crippen LogP contribution in [-0.4, -0.2) is 33.4 Å². The second kappa shape index (κ2) is 5.95. The third-order valence-corrected chi connectivity index (χ3v) is 3.40. The fourth-order valence-corrected chi connectivity index (χ4v) is 1.60. The Bertz CT molecular complexity index is 416. The first-order valence-electron chi connectivity index (χ1n) is 6.08. The lowest BCUT2D eigenvalue weighted by atomic mass is 9.94. The van der Waals surface area contributed by atoms with Gasteiger partial charge in [-0.25, -0.2) is 0 Å². The SMILES string of the molecule is CC[C@](C)(CC(=O)OC)NCc1nnc(C)n1C. The molecule has 0 amide bonds. The topological polar surface area (TPSA) is 69.0 Å². The van der Waals surface area contributed by atoms with E-state index in [2.05, 4.69) is 15.5 Å². The van der Waals surface area contributed by atoms with Gasteiger partial charge in [0.2, 0.25) is 0 Å². The molecule has 0 aliphatic carbocycles. The summed E-state index contributed by atoms with van der Waals surface area (Å²) in [5, 5.41) is 11.4. The van der Waals surface area contributed by atoms with Crippen LogP contribution in [0, 0.1) is 6.92 Å². The Hall–Kier alpha value is -1.43. The lowest BCUT2D eigenvalue weighted by Gasteiger charge is -2.28. The number of aryl methyl sites for hydroxylation is 1. The lowest BCUT2D eigenvalue weighted by Crippen LogP contribution is -2.43. The van der Waals surface area contributed by atoms with Gasteiger partial charge in [0, 0.05) is 12.6 Å². The van der Waals surface area contributed by atoms with Crippen molar-refractivity contribution in [2.24, 2.45) is 7.05 Å². The van der Waals surface area contributed by atoms with Gasteiger partial charge in [-0.05, 0) is 20.3 Å².